The van der Waals surface area contributed by atoms with Gasteiger partial charge < -0.3 is 15.1 Å². The molecule has 0 bridgehead atoms. The average molecular weight is 223 g/mol. The van der Waals surface area contributed by atoms with E-state index in [0.29, 0.717) is 6.54 Å². The summed E-state index contributed by atoms with van der Waals surface area (Å²) < 4.78 is 0. The van der Waals surface area contributed by atoms with E-state index >= 15 is 0 Å². The first-order valence-electron chi connectivity index (χ1n) is 3.55. The maximum absolute atomic E-state index is 10.4. The monoisotopic (exact) mass is 223 g/mol. The molecule has 0 spiro atoms. The summed E-state index contributed by atoms with van der Waals surface area (Å²) in [5.41, 5.74) is 0. The van der Waals surface area contributed by atoms with Gasteiger partial charge in [0.2, 0.25) is 0 Å². The van der Waals surface area contributed by atoms with Gasteiger partial charge in [0.05, 0.1) is 0 Å². The van der Waals surface area contributed by atoms with Crippen molar-refractivity contribution in [2.75, 3.05) is 20.6 Å². The van der Waals surface area contributed by atoms with E-state index in [9.17, 15) is 9.59 Å². The van der Waals surface area contributed by atoms with Crippen molar-refractivity contribution < 1.29 is 19.8 Å². The van der Waals surface area contributed by atoms with E-state index in [0.717, 1.165) is 0 Å². The molecule has 14 heavy (non-hydrogen) atoms. The molecular formula is C7H15NNa2O4. The molecule has 0 aliphatic rings. The fourth-order valence-electron chi connectivity index (χ4n) is 0.740. The Balaban J connectivity index is -0.000000605. The Morgan fingerprint density at radius 3 is 1.71 bits per heavy atom. The van der Waals surface area contributed by atoms with E-state index < -0.39 is 17.9 Å². The molecule has 74 valence electrons. The maximum atomic E-state index is 10.4. The van der Waals surface area contributed by atoms with Crippen LogP contribution in [-0.2, 0) is 9.59 Å². The molecule has 0 saturated carbocycles. The number of hydrogen-bond donors (Lipinski definition) is 2. The van der Waals surface area contributed by atoms with Crippen LogP contribution in [0.4, 0.5) is 0 Å². The van der Waals surface area contributed by atoms with Crippen molar-refractivity contribution in [1.29, 1.82) is 0 Å². The van der Waals surface area contributed by atoms with E-state index in [2.05, 4.69) is 0 Å². The molecule has 5 nitrogen and oxygen atoms in total. The Labute approximate surface area is 127 Å². The summed E-state index contributed by atoms with van der Waals surface area (Å²) in [5.74, 6) is -3.83. The van der Waals surface area contributed by atoms with Crippen LogP contribution in [0.5, 0.6) is 0 Å². The molecule has 0 unspecified atom stereocenters. The molecule has 2 N–H and O–H groups in total. The Kier molecular flexibility index (Phi) is 15.1. The summed E-state index contributed by atoms with van der Waals surface area (Å²) in [5, 5.41) is 16.9. The second-order valence-electron chi connectivity index (χ2n) is 2.82. The van der Waals surface area contributed by atoms with E-state index in [-0.39, 0.29) is 65.5 Å². The fraction of sp³-hybridized carbons (Fsp3) is 0.714. The predicted octanol–water partition coefficient (Wildman–Crippen LogP) is -1.57. The van der Waals surface area contributed by atoms with Gasteiger partial charge in [-0.15, -0.1) is 0 Å². The van der Waals surface area contributed by atoms with Gasteiger partial charge in [0, 0.05) is 0 Å². The zero-order chi connectivity index (χ0) is 9.72. The van der Waals surface area contributed by atoms with Gasteiger partial charge >= 0.3 is 71.1 Å². The van der Waals surface area contributed by atoms with Crippen molar-refractivity contribution in [3.63, 3.8) is 0 Å². The Bertz CT molecular complexity index is 173. The average Bonchev–Trinajstić information content (AvgIpc) is 1.84. The van der Waals surface area contributed by atoms with Crippen molar-refractivity contribution in [2.24, 2.45) is 5.92 Å². The Hall–Kier alpha value is 0.900. The molecule has 0 atom stereocenters. The Morgan fingerprint density at radius 2 is 1.50 bits per heavy atom. The third kappa shape index (κ3) is 9.45. The normalized spacial score (nSPS) is 9.14. The summed E-state index contributed by atoms with van der Waals surface area (Å²) >= 11 is 0. The molecule has 0 fully saturated rings. The minimum atomic E-state index is -1.28. The van der Waals surface area contributed by atoms with Crippen molar-refractivity contribution in [3.8, 4) is 0 Å². The van der Waals surface area contributed by atoms with Crippen molar-refractivity contribution in [1.82, 2.24) is 4.90 Å². The predicted molar refractivity (Wildman–Crippen MR) is 56.2 cm³/mol. The van der Waals surface area contributed by atoms with Gasteiger partial charge in [0.1, 0.15) is 0 Å². The molecule has 0 saturated heterocycles. The van der Waals surface area contributed by atoms with Gasteiger partial charge in [-0.05, 0) is 27.1 Å². The van der Waals surface area contributed by atoms with Gasteiger partial charge in [-0.3, -0.25) is 9.59 Å². The number of rotatable bonds is 5. The van der Waals surface area contributed by atoms with Crippen LogP contribution in [0.1, 0.15) is 6.42 Å². The number of carbonyl (C=O) groups is 2. The quantitative estimate of drug-likeness (QED) is 0.435. The summed E-state index contributed by atoms with van der Waals surface area (Å²) in [6, 6.07) is 0. The minimum absolute atomic E-state index is 0. The standard InChI is InChI=1S/C7H13NO4.2Na.2H/c1-8(2)4-3-5(6(9)10)7(11)12;;;;/h5H,3-4H2,1-2H3,(H,9,10)(H,11,12);;;;. The molecule has 0 aliphatic carbocycles. The number of carboxylic acid groups (broad SMARTS) is 2. The molecule has 0 aromatic heterocycles. The van der Waals surface area contributed by atoms with Crippen LogP contribution in [0.25, 0.3) is 0 Å². The summed E-state index contributed by atoms with van der Waals surface area (Å²) in [6.07, 6.45) is 0.137. The number of aliphatic carboxylic acids is 2. The molecule has 0 aromatic rings. The third-order valence-electron chi connectivity index (χ3n) is 1.46. The molecule has 0 radical (unpaired) electrons. The third-order valence-corrected chi connectivity index (χ3v) is 1.46. The van der Waals surface area contributed by atoms with Gasteiger partial charge in [-0.1, -0.05) is 0 Å². The molecule has 0 rings (SSSR count). The molecule has 0 heterocycles. The molecular weight excluding hydrogens is 208 g/mol. The zero-order valence-electron chi connectivity index (χ0n) is 7.15. The number of hydrogen-bond acceptors (Lipinski definition) is 3. The first-order chi connectivity index (χ1) is 5.45. The van der Waals surface area contributed by atoms with Crippen LogP contribution < -0.4 is 0 Å². The van der Waals surface area contributed by atoms with Crippen molar-refractivity contribution in [3.05, 3.63) is 0 Å². The van der Waals surface area contributed by atoms with Crippen molar-refractivity contribution in [2.45, 2.75) is 6.42 Å². The molecule has 0 amide bonds. The summed E-state index contributed by atoms with van der Waals surface area (Å²) in [6.45, 7) is 0.462. The van der Waals surface area contributed by atoms with E-state index in [1.165, 1.54) is 0 Å². The SMILES string of the molecule is CN(C)CCC(C(=O)O)C(=O)O.[NaH].[NaH]. The molecule has 0 aromatic carbocycles. The van der Waals surface area contributed by atoms with Crippen LogP contribution in [0.15, 0.2) is 0 Å². The van der Waals surface area contributed by atoms with Gasteiger partial charge in [-0.25, -0.2) is 0 Å². The van der Waals surface area contributed by atoms with Gasteiger partial charge in [0.15, 0.2) is 5.92 Å². The van der Waals surface area contributed by atoms with Crippen LogP contribution in [-0.4, -0.2) is 107 Å². The second kappa shape index (κ2) is 10.4. The van der Waals surface area contributed by atoms with Crippen LogP contribution in [0, 0.1) is 5.92 Å². The number of nitrogens with zero attached hydrogens (tertiary/aromatic N) is 1. The van der Waals surface area contributed by atoms with Crippen LogP contribution in [0.3, 0.4) is 0 Å². The first-order valence-corrected chi connectivity index (χ1v) is 3.55. The topological polar surface area (TPSA) is 77.8 Å². The van der Waals surface area contributed by atoms with E-state index in [4.69, 9.17) is 10.2 Å². The van der Waals surface area contributed by atoms with Crippen LogP contribution in [0.2, 0.25) is 0 Å². The van der Waals surface area contributed by atoms with E-state index in [1.807, 2.05) is 0 Å². The molecule has 0 aliphatic heterocycles. The fourth-order valence-corrected chi connectivity index (χ4v) is 0.740. The second-order valence-corrected chi connectivity index (χ2v) is 2.82. The summed E-state index contributed by atoms with van der Waals surface area (Å²) in [7, 11) is 3.53. The Morgan fingerprint density at radius 1 is 1.14 bits per heavy atom. The van der Waals surface area contributed by atoms with Crippen molar-refractivity contribution >= 4 is 71.1 Å². The van der Waals surface area contributed by atoms with Gasteiger partial charge in [-0.2, -0.15) is 0 Å². The molecule has 7 heteroatoms. The number of carboxylic acids is 2. The zero-order valence-corrected chi connectivity index (χ0v) is 7.15. The summed E-state index contributed by atoms with van der Waals surface area (Å²) in [4.78, 5) is 22.5. The van der Waals surface area contributed by atoms with Gasteiger partial charge in [0.25, 0.3) is 0 Å². The van der Waals surface area contributed by atoms with E-state index in [1.54, 1.807) is 19.0 Å². The first kappa shape index (κ1) is 20.3. The van der Waals surface area contributed by atoms with Crippen LogP contribution >= 0.6 is 0 Å².